The lowest BCUT2D eigenvalue weighted by atomic mass is 9.93. The summed E-state index contributed by atoms with van der Waals surface area (Å²) in [6.45, 7) is 0. The highest BCUT2D eigenvalue weighted by Crippen LogP contribution is 2.35. The number of rotatable bonds is 5. The maximum absolute atomic E-state index is 6.43. The van der Waals surface area contributed by atoms with Crippen molar-refractivity contribution >= 4 is 39.7 Å². The summed E-state index contributed by atoms with van der Waals surface area (Å²) < 4.78 is 6.43. The molecule has 0 saturated heterocycles. The molecule has 1 aromatic heterocycles. The molecule has 0 spiro atoms. The molecule has 4 heteroatoms. The van der Waals surface area contributed by atoms with Crippen LogP contribution in [0.3, 0.4) is 0 Å². The molecule has 4 nitrogen and oxygen atoms in total. The van der Waals surface area contributed by atoms with Gasteiger partial charge >= 0.3 is 0 Å². The number of aryl methyl sites for hydroxylation is 1. The van der Waals surface area contributed by atoms with Crippen molar-refractivity contribution in [3.8, 4) is 22.3 Å². The first-order valence-electron chi connectivity index (χ1n) is 16.2. The van der Waals surface area contributed by atoms with Gasteiger partial charge in [0.2, 0.25) is 0 Å². The first-order valence-corrected chi connectivity index (χ1v) is 16.2. The van der Waals surface area contributed by atoms with Gasteiger partial charge in [-0.15, -0.1) is 0 Å². The molecule has 0 bridgehead atoms. The Balaban J connectivity index is 1.10. The van der Waals surface area contributed by atoms with Crippen LogP contribution in [0.15, 0.2) is 160 Å². The molecule has 9 rings (SSSR count). The third kappa shape index (κ3) is 5.14. The van der Waals surface area contributed by atoms with Crippen LogP contribution in [0.25, 0.3) is 50.3 Å². The second-order valence-electron chi connectivity index (χ2n) is 12.2. The van der Waals surface area contributed by atoms with Gasteiger partial charge in [0.25, 0.3) is 0 Å². The van der Waals surface area contributed by atoms with Crippen molar-refractivity contribution in [2.45, 2.75) is 19.0 Å². The Kier molecular flexibility index (Phi) is 6.64. The van der Waals surface area contributed by atoms with Crippen LogP contribution < -0.4 is 5.32 Å². The fourth-order valence-corrected chi connectivity index (χ4v) is 6.72. The van der Waals surface area contributed by atoms with Crippen molar-refractivity contribution in [1.29, 1.82) is 0 Å². The molecule has 6 aromatic carbocycles. The third-order valence-electron chi connectivity index (χ3n) is 9.18. The van der Waals surface area contributed by atoms with Gasteiger partial charge in [-0.25, -0.2) is 9.98 Å². The summed E-state index contributed by atoms with van der Waals surface area (Å²) in [5.74, 6) is 1.46. The Morgan fingerprint density at radius 1 is 0.574 bits per heavy atom. The molecule has 1 aliphatic carbocycles. The molecule has 224 valence electrons. The Hall–Kier alpha value is -6.00. The molecular weight excluding hydrogens is 574 g/mol. The molecule has 0 amide bonds. The summed E-state index contributed by atoms with van der Waals surface area (Å²) in [5, 5.41) is 5.81. The van der Waals surface area contributed by atoms with Gasteiger partial charge < -0.3 is 9.73 Å². The topological polar surface area (TPSA) is 49.9 Å². The fraction of sp³-hybridized carbons (Fsp3) is 0.0698. The van der Waals surface area contributed by atoms with E-state index in [1.807, 2.05) is 24.3 Å². The molecule has 0 fully saturated rings. The summed E-state index contributed by atoms with van der Waals surface area (Å²) in [6, 6.07) is 48.9. The van der Waals surface area contributed by atoms with E-state index in [9.17, 15) is 0 Å². The van der Waals surface area contributed by atoms with Crippen molar-refractivity contribution in [2.24, 2.45) is 9.98 Å². The van der Waals surface area contributed by atoms with E-state index < -0.39 is 0 Å². The molecule has 0 saturated carbocycles. The van der Waals surface area contributed by atoms with E-state index in [2.05, 4.69) is 133 Å². The van der Waals surface area contributed by atoms with Crippen LogP contribution in [0.1, 0.15) is 40.4 Å². The summed E-state index contributed by atoms with van der Waals surface area (Å²) in [5.41, 5.74) is 12.2. The van der Waals surface area contributed by atoms with E-state index in [-0.39, 0.29) is 6.17 Å². The second-order valence-corrected chi connectivity index (χ2v) is 12.2. The number of fused-ring (bicyclic) bond motifs is 4. The number of nitrogens with zero attached hydrogens (tertiary/aromatic N) is 2. The first kappa shape index (κ1) is 27.3. The third-order valence-corrected chi connectivity index (χ3v) is 9.18. The Morgan fingerprint density at radius 3 is 2.21 bits per heavy atom. The van der Waals surface area contributed by atoms with Gasteiger partial charge in [0.15, 0.2) is 5.84 Å². The Labute approximate surface area is 273 Å². The van der Waals surface area contributed by atoms with E-state index in [1.165, 1.54) is 22.3 Å². The van der Waals surface area contributed by atoms with Crippen molar-refractivity contribution in [3.05, 3.63) is 173 Å². The Morgan fingerprint density at radius 2 is 1.32 bits per heavy atom. The largest absolute Gasteiger partial charge is 0.456 e. The fourth-order valence-electron chi connectivity index (χ4n) is 6.72. The zero-order chi connectivity index (χ0) is 31.2. The molecule has 2 heterocycles. The lowest BCUT2D eigenvalue weighted by Gasteiger charge is -2.23. The SMILES string of the molecule is C1=Cc2ccc(-c3ccc4oc5cc(C6=NC(c7cccc(-c8ccccc8)c7)=NC(c7ccccc7)N6)ccc5c4c3)cc2CC1. The van der Waals surface area contributed by atoms with Gasteiger partial charge in [-0.05, 0) is 82.1 Å². The smallest absolute Gasteiger partial charge is 0.159 e. The van der Waals surface area contributed by atoms with Crippen LogP contribution in [-0.4, -0.2) is 11.7 Å². The minimum atomic E-state index is -0.278. The minimum absolute atomic E-state index is 0.278. The molecular formula is C43H31N3O. The summed E-state index contributed by atoms with van der Waals surface area (Å²) >= 11 is 0. The van der Waals surface area contributed by atoms with E-state index >= 15 is 0 Å². The van der Waals surface area contributed by atoms with Crippen LogP contribution >= 0.6 is 0 Å². The number of nitrogens with one attached hydrogen (secondary N) is 1. The normalized spacial score (nSPS) is 15.6. The summed E-state index contributed by atoms with van der Waals surface area (Å²) in [6.07, 6.45) is 6.40. The molecule has 2 aliphatic rings. The quantitative estimate of drug-likeness (QED) is 0.212. The van der Waals surface area contributed by atoms with Gasteiger partial charge in [-0.2, -0.15) is 0 Å². The lowest BCUT2D eigenvalue weighted by Crippen LogP contribution is -2.33. The number of benzene rings is 6. The van der Waals surface area contributed by atoms with Crippen molar-refractivity contribution in [3.63, 3.8) is 0 Å². The average Bonchev–Trinajstić information content (AvgIpc) is 3.52. The minimum Gasteiger partial charge on any atom is -0.456 e. The molecule has 1 aliphatic heterocycles. The van der Waals surface area contributed by atoms with Crippen LogP contribution in [0.5, 0.6) is 0 Å². The number of hydrogen-bond donors (Lipinski definition) is 1. The van der Waals surface area contributed by atoms with Crippen molar-refractivity contribution < 1.29 is 4.42 Å². The molecule has 0 radical (unpaired) electrons. The van der Waals surface area contributed by atoms with Crippen molar-refractivity contribution in [1.82, 2.24) is 5.32 Å². The van der Waals surface area contributed by atoms with E-state index in [0.29, 0.717) is 5.84 Å². The van der Waals surface area contributed by atoms with Crippen LogP contribution in [-0.2, 0) is 6.42 Å². The molecule has 7 aromatic rings. The van der Waals surface area contributed by atoms with Gasteiger partial charge in [0, 0.05) is 21.9 Å². The van der Waals surface area contributed by atoms with E-state index in [1.54, 1.807) is 0 Å². The van der Waals surface area contributed by atoms with Crippen LogP contribution in [0.2, 0.25) is 0 Å². The van der Waals surface area contributed by atoms with E-state index in [4.69, 9.17) is 14.4 Å². The van der Waals surface area contributed by atoms with Crippen LogP contribution in [0, 0.1) is 0 Å². The molecule has 1 N–H and O–H groups in total. The Bertz CT molecular complexity index is 2380. The molecule has 47 heavy (non-hydrogen) atoms. The first-order chi connectivity index (χ1) is 23.2. The number of aliphatic imine (C=N–C) groups is 2. The maximum atomic E-state index is 6.43. The number of hydrogen-bond acceptors (Lipinski definition) is 4. The predicted molar refractivity (Wildman–Crippen MR) is 194 cm³/mol. The van der Waals surface area contributed by atoms with Gasteiger partial charge in [-0.1, -0.05) is 121 Å². The van der Waals surface area contributed by atoms with E-state index in [0.717, 1.165) is 68.4 Å². The molecule has 1 atom stereocenters. The van der Waals surface area contributed by atoms with Crippen LogP contribution in [0.4, 0.5) is 0 Å². The summed E-state index contributed by atoms with van der Waals surface area (Å²) in [4.78, 5) is 10.2. The predicted octanol–water partition coefficient (Wildman–Crippen LogP) is 10.4. The van der Waals surface area contributed by atoms with Gasteiger partial charge in [-0.3, -0.25) is 0 Å². The lowest BCUT2D eigenvalue weighted by molar-refractivity contribution is 0.666. The zero-order valence-electron chi connectivity index (χ0n) is 25.7. The number of furan rings is 1. The maximum Gasteiger partial charge on any atom is 0.159 e. The highest BCUT2D eigenvalue weighted by Gasteiger charge is 2.22. The number of allylic oxidation sites excluding steroid dienone is 1. The second kappa shape index (κ2) is 11.4. The zero-order valence-corrected chi connectivity index (χ0v) is 25.7. The van der Waals surface area contributed by atoms with Gasteiger partial charge in [0.1, 0.15) is 23.2 Å². The number of amidine groups is 2. The van der Waals surface area contributed by atoms with Crippen molar-refractivity contribution in [2.75, 3.05) is 0 Å². The highest BCUT2D eigenvalue weighted by molar-refractivity contribution is 6.15. The average molecular weight is 606 g/mol. The monoisotopic (exact) mass is 605 g/mol. The highest BCUT2D eigenvalue weighted by atomic mass is 16.3. The van der Waals surface area contributed by atoms with Gasteiger partial charge in [0.05, 0.1) is 0 Å². The standard InChI is InChI=1S/C43H31N3O/c1-3-10-28(11-4-1)32-16-9-17-35(25-32)42-44-41(30-13-5-2-6-14-30)45-43(46-42)36-20-22-37-38-26-34(21-23-39(38)47-40(37)27-36)33-19-18-29-12-7-8-15-31(29)24-33/h1-7,9-14,16-27,41H,8,15H2,(H,44,45,46). The summed E-state index contributed by atoms with van der Waals surface area (Å²) in [7, 11) is 0. The molecule has 1 unspecified atom stereocenters.